The summed E-state index contributed by atoms with van der Waals surface area (Å²) in [6.45, 7) is 3.97. The summed E-state index contributed by atoms with van der Waals surface area (Å²) in [6, 6.07) is 11.6. The van der Waals surface area contributed by atoms with Gasteiger partial charge in [-0.2, -0.15) is 0 Å². The van der Waals surface area contributed by atoms with Crippen LogP contribution in [-0.4, -0.2) is 25.7 Å². The molecule has 2 aromatic rings. The van der Waals surface area contributed by atoms with Gasteiger partial charge in [0.05, 0.1) is 25.3 Å². The molecular weight excluding hydrogens is 408 g/mol. The highest BCUT2D eigenvalue weighted by molar-refractivity contribution is 6.30. The van der Waals surface area contributed by atoms with Crippen molar-refractivity contribution in [2.45, 2.75) is 26.5 Å². The fourth-order valence-corrected chi connectivity index (χ4v) is 3.27. The van der Waals surface area contributed by atoms with Crippen LogP contribution >= 0.6 is 11.6 Å². The van der Waals surface area contributed by atoms with Gasteiger partial charge in [-0.15, -0.1) is 0 Å². The van der Waals surface area contributed by atoms with Gasteiger partial charge in [-0.1, -0.05) is 29.8 Å². The number of carbonyl (C=O) groups is 2. The van der Waals surface area contributed by atoms with E-state index in [1.807, 2.05) is 12.1 Å². The molecule has 2 N–H and O–H groups in total. The molecule has 0 unspecified atom stereocenters. The quantitative estimate of drug-likeness (QED) is 0.645. The Kier molecular flexibility index (Phi) is 6.84. The Labute approximate surface area is 180 Å². The lowest BCUT2D eigenvalue weighted by Crippen LogP contribution is -2.45. The van der Waals surface area contributed by atoms with Crippen molar-refractivity contribution in [3.8, 4) is 11.5 Å². The normalized spacial score (nSPS) is 15.9. The molecule has 0 fully saturated rings. The van der Waals surface area contributed by atoms with Gasteiger partial charge in [-0.3, -0.25) is 0 Å². The van der Waals surface area contributed by atoms with Crippen molar-refractivity contribution < 1.29 is 23.8 Å². The van der Waals surface area contributed by atoms with Gasteiger partial charge in [0, 0.05) is 10.7 Å². The zero-order valence-corrected chi connectivity index (χ0v) is 17.7. The number of hydrogen-bond donors (Lipinski definition) is 2. The standard InChI is InChI=1S/C22H23ClN2O5/c1-4-29-21(26)19-13(2)24-22(27)25-20(19)15-7-10-17(18(11-15)28-3)30-12-14-5-8-16(23)9-6-14/h5-11,20H,4,12H2,1-3H3,(H2,24,25,27)/t20-/m1/s1. The molecule has 7 nitrogen and oxygen atoms in total. The van der Waals surface area contributed by atoms with Crippen LogP contribution in [0.3, 0.4) is 0 Å². The van der Waals surface area contributed by atoms with Crippen LogP contribution < -0.4 is 20.1 Å². The largest absolute Gasteiger partial charge is 0.493 e. The van der Waals surface area contributed by atoms with Gasteiger partial charge in [0.25, 0.3) is 0 Å². The van der Waals surface area contributed by atoms with Crippen LogP contribution in [0.5, 0.6) is 11.5 Å². The molecule has 1 aliphatic heterocycles. The van der Waals surface area contributed by atoms with Crippen molar-refractivity contribution in [1.29, 1.82) is 0 Å². The molecule has 2 amide bonds. The lowest BCUT2D eigenvalue weighted by atomic mass is 9.95. The second-order valence-corrected chi connectivity index (χ2v) is 7.05. The van der Waals surface area contributed by atoms with Crippen molar-refractivity contribution >= 4 is 23.6 Å². The van der Waals surface area contributed by atoms with Crippen LogP contribution in [0.1, 0.15) is 31.0 Å². The minimum absolute atomic E-state index is 0.233. The molecule has 1 atom stereocenters. The molecule has 0 aromatic heterocycles. The summed E-state index contributed by atoms with van der Waals surface area (Å²) in [7, 11) is 1.53. The summed E-state index contributed by atoms with van der Waals surface area (Å²) in [6.07, 6.45) is 0. The van der Waals surface area contributed by atoms with Crippen molar-refractivity contribution in [1.82, 2.24) is 10.6 Å². The van der Waals surface area contributed by atoms with E-state index in [9.17, 15) is 9.59 Å². The van der Waals surface area contributed by atoms with Crippen LogP contribution in [0, 0.1) is 0 Å². The number of rotatable bonds is 7. The number of methoxy groups -OCH3 is 1. The Hall–Kier alpha value is -3.19. The molecule has 0 bridgehead atoms. The van der Waals surface area contributed by atoms with Gasteiger partial charge in [0.2, 0.25) is 0 Å². The third-order valence-corrected chi connectivity index (χ3v) is 4.85. The summed E-state index contributed by atoms with van der Waals surface area (Å²) < 4.78 is 16.5. The molecule has 0 saturated heterocycles. The molecule has 1 heterocycles. The maximum Gasteiger partial charge on any atom is 0.338 e. The van der Waals surface area contributed by atoms with Crippen molar-refractivity contribution in [3.05, 3.63) is 69.9 Å². The summed E-state index contributed by atoms with van der Waals surface area (Å²) in [5, 5.41) is 6.04. The van der Waals surface area contributed by atoms with Crippen LogP contribution in [0.15, 0.2) is 53.7 Å². The Morgan fingerprint density at radius 3 is 2.53 bits per heavy atom. The number of ether oxygens (including phenoxy) is 3. The number of esters is 1. The third kappa shape index (κ3) is 4.86. The molecule has 30 heavy (non-hydrogen) atoms. The zero-order chi connectivity index (χ0) is 21.7. The summed E-state index contributed by atoms with van der Waals surface area (Å²) in [5.74, 6) is 0.527. The maximum absolute atomic E-state index is 12.5. The molecule has 0 saturated carbocycles. The van der Waals surface area contributed by atoms with Gasteiger partial charge in [0.15, 0.2) is 11.5 Å². The smallest absolute Gasteiger partial charge is 0.338 e. The first-order valence-electron chi connectivity index (χ1n) is 9.43. The molecule has 0 radical (unpaired) electrons. The highest BCUT2D eigenvalue weighted by Crippen LogP contribution is 2.35. The fourth-order valence-electron chi connectivity index (χ4n) is 3.15. The van der Waals surface area contributed by atoms with Crippen molar-refractivity contribution in [3.63, 3.8) is 0 Å². The Morgan fingerprint density at radius 2 is 1.87 bits per heavy atom. The zero-order valence-electron chi connectivity index (χ0n) is 17.0. The highest BCUT2D eigenvalue weighted by Gasteiger charge is 2.32. The average Bonchev–Trinajstić information content (AvgIpc) is 2.72. The van der Waals surface area contributed by atoms with E-state index in [0.29, 0.717) is 40.0 Å². The van der Waals surface area contributed by atoms with E-state index >= 15 is 0 Å². The van der Waals surface area contributed by atoms with E-state index in [0.717, 1.165) is 5.56 Å². The molecule has 3 rings (SSSR count). The second kappa shape index (κ2) is 9.54. The lowest BCUT2D eigenvalue weighted by Gasteiger charge is -2.28. The van der Waals surface area contributed by atoms with Gasteiger partial charge < -0.3 is 24.8 Å². The topological polar surface area (TPSA) is 85.9 Å². The number of nitrogens with one attached hydrogen (secondary N) is 2. The predicted molar refractivity (Wildman–Crippen MR) is 113 cm³/mol. The number of halogens is 1. The minimum atomic E-state index is -0.669. The van der Waals surface area contributed by atoms with Gasteiger partial charge in [-0.05, 0) is 49.2 Å². The number of urea groups is 1. The van der Waals surface area contributed by atoms with Crippen LogP contribution in [-0.2, 0) is 16.1 Å². The van der Waals surface area contributed by atoms with Crippen molar-refractivity contribution in [2.24, 2.45) is 0 Å². The highest BCUT2D eigenvalue weighted by atomic mass is 35.5. The van der Waals surface area contributed by atoms with Crippen LogP contribution in [0.4, 0.5) is 4.79 Å². The number of carbonyl (C=O) groups excluding carboxylic acids is 2. The Morgan fingerprint density at radius 1 is 1.13 bits per heavy atom. The van der Waals surface area contributed by atoms with Gasteiger partial charge in [-0.25, -0.2) is 9.59 Å². The monoisotopic (exact) mass is 430 g/mol. The van der Waals surface area contributed by atoms with E-state index in [1.165, 1.54) is 7.11 Å². The van der Waals surface area contributed by atoms with Crippen LogP contribution in [0.2, 0.25) is 5.02 Å². The molecule has 158 valence electrons. The molecule has 2 aromatic carbocycles. The van der Waals surface area contributed by atoms with Crippen LogP contribution in [0.25, 0.3) is 0 Å². The molecule has 0 aliphatic carbocycles. The first-order valence-corrected chi connectivity index (χ1v) is 9.81. The van der Waals surface area contributed by atoms with E-state index in [1.54, 1.807) is 44.2 Å². The number of benzene rings is 2. The average molecular weight is 431 g/mol. The van der Waals surface area contributed by atoms with Gasteiger partial charge >= 0.3 is 12.0 Å². The first kappa shape index (κ1) is 21.5. The van der Waals surface area contributed by atoms with E-state index in [-0.39, 0.29) is 6.61 Å². The Balaban J connectivity index is 1.86. The van der Waals surface area contributed by atoms with E-state index in [2.05, 4.69) is 10.6 Å². The summed E-state index contributed by atoms with van der Waals surface area (Å²) in [4.78, 5) is 24.5. The number of allylic oxidation sites excluding steroid dienone is 1. The number of amides is 2. The molecule has 8 heteroatoms. The maximum atomic E-state index is 12.5. The van der Waals surface area contributed by atoms with Crippen molar-refractivity contribution in [2.75, 3.05) is 13.7 Å². The minimum Gasteiger partial charge on any atom is -0.493 e. The summed E-state index contributed by atoms with van der Waals surface area (Å²) >= 11 is 5.91. The summed E-state index contributed by atoms with van der Waals surface area (Å²) in [5.41, 5.74) is 2.42. The number of hydrogen-bond acceptors (Lipinski definition) is 5. The van der Waals surface area contributed by atoms with E-state index < -0.39 is 18.0 Å². The second-order valence-electron chi connectivity index (χ2n) is 6.62. The molecule has 1 aliphatic rings. The predicted octanol–water partition coefficient (Wildman–Crippen LogP) is 4.12. The third-order valence-electron chi connectivity index (χ3n) is 4.59. The molecular formula is C22H23ClN2O5. The fraction of sp³-hybridized carbons (Fsp3) is 0.273. The first-order chi connectivity index (χ1) is 14.4. The SMILES string of the molecule is CCOC(=O)C1=C(C)NC(=O)N[C@@H]1c1ccc(OCc2ccc(Cl)cc2)c(OC)c1. The molecule has 0 spiro atoms. The van der Waals surface area contributed by atoms with E-state index in [4.69, 9.17) is 25.8 Å². The van der Waals surface area contributed by atoms with Gasteiger partial charge in [0.1, 0.15) is 6.61 Å². The Bertz CT molecular complexity index is 972. The lowest BCUT2D eigenvalue weighted by molar-refractivity contribution is -0.139.